The molecule has 0 unspecified atom stereocenters. The Balaban J connectivity index is 1.79. The summed E-state index contributed by atoms with van der Waals surface area (Å²) in [4.78, 5) is 13.1. The van der Waals surface area contributed by atoms with Gasteiger partial charge in [0.2, 0.25) is 5.91 Å². The Bertz CT molecular complexity index is 409. The fraction of sp³-hybridized carbons (Fsp3) is 0.533. The molecule has 1 aromatic rings. The first-order valence-corrected chi connectivity index (χ1v) is 6.61. The summed E-state index contributed by atoms with van der Waals surface area (Å²) in [6, 6.07) is 8.10. The molecule has 1 aliphatic heterocycles. The number of carbonyl (C=O) groups excluding carboxylic acids is 1. The van der Waals surface area contributed by atoms with E-state index >= 15 is 0 Å². The molecule has 98 valence electrons. The van der Waals surface area contributed by atoms with Gasteiger partial charge in [-0.15, -0.1) is 0 Å². The molecule has 0 saturated carbocycles. The predicted molar refractivity (Wildman–Crippen MR) is 71.7 cm³/mol. The van der Waals surface area contributed by atoms with Crippen molar-refractivity contribution < 1.29 is 9.53 Å². The zero-order valence-electron chi connectivity index (χ0n) is 11.2. The molecule has 3 heteroatoms. The van der Waals surface area contributed by atoms with Gasteiger partial charge in [0.05, 0.1) is 6.61 Å². The Hall–Kier alpha value is -1.51. The van der Waals surface area contributed by atoms with E-state index < -0.39 is 0 Å². The maximum atomic E-state index is 11.2. The average Bonchev–Trinajstić information content (AvgIpc) is 2.38. The molecule has 3 nitrogen and oxygen atoms in total. The van der Waals surface area contributed by atoms with Gasteiger partial charge in [0, 0.05) is 20.0 Å². The number of piperidine rings is 1. The Labute approximate surface area is 109 Å². The zero-order valence-corrected chi connectivity index (χ0v) is 11.2. The number of hydrogen-bond donors (Lipinski definition) is 0. The third-order valence-corrected chi connectivity index (χ3v) is 3.63. The molecule has 0 radical (unpaired) electrons. The van der Waals surface area contributed by atoms with E-state index in [9.17, 15) is 4.79 Å². The van der Waals surface area contributed by atoms with Crippen LogP contribution < -0.4 is 4.74 Å². The van der Waals surface area contributed by atoms with Crippen LogP contribution in [0.1, 0.15) is 25.3 Å². The number of hydrogen-bond acceptors (Lipinski definition) is 2. The maximum absolute atomic E-state index is 11.2. The van der Waals surface area contributed by atoms with Crippen LogP contribution in [-0.4, -0.2) is 30.5 Å². The van der Waals surface area contributed by atoms with Crippen LogP contribution >= 0.6 is 0 Å². The zero-order chi connectivity index (χ0) is 13.0. The minimum atomic E-state index is 0.188. The molecule has 0 atom stereocenters. The van der Waals surface area contributed by atoms with Crippen molar-refractivity contribution in [3.8, 4) is 5.75 Å². The molecule has 2 rings (SSSR count). The van der Waals surface area contributed by atoms with Crippen molar-refractivity contribution >= 4 is 5.91 Å². The highest BCUT2D eigenvalue weighted by Gasteiger charge is 2.21. The van der Waals surface area contributed by atoms with E-state index in [1.165, 1.54) is 5.56 Å². The molecule has 0 aromatic heterocycles. The second kappa shape index (κ2) is 5.89. The van der Waals surface area contributed by atoms with Gasteiger partial charge in [0.1, 0.15) is 5.75 Å². The molecular formula is C15H21NO2. The fourth-order valence-electron chi connectivity index (χ4n) is 2.34. The van der Waals surface area contributed by atoms with E-state index in [2.05, 4.69) is 13.0 Å². The lowest BCUT2D eigenvalue weighted by molar-refractivity contribution is -0.130. The van der Waals surface area contributed by atoms with E-state index in [0.29, 0.717) is 5.92 Å². The number of benzene rings is 1. The lowest BCUT2D eigenvalue weighted by atomic mass is 9.98. The van der Waals surface area contributed by atoms with Gasteiger partial charge in [-0.1, -0.05) is 18.2 Å². The standard InChI is InChI=1S/C15H21NO2/c1-12-5-3-4-6-15(12)18-11-14-7-9-16(10-8-14)13(2)17/h3-6,14H,7-11H2,1-2H3. The van der Waals surface area contributed by atoms with Crippen molar-refractivity contribution in [1.82, 2.24) is 4.90 Å². The smallest absolute Gasteiger partial charge is 0.219 e. The summed E-state index contributed by atoms with van der Waals surface area (Å²) in [6.07, 6.45) is 2.09. The third-order valence-electron chi connectivity index (χ3n) is 3.63. The summed E-state index contributed by atoms with van der Waals surface area (Å²) in [5.41, 5.74) is 1.18. The third kappa shape index (κ3) is 3.25. The number of rotatable bonds is 3. The van der Waals surface area contributed by atoms with Gasteiger partial charge < -0.3 is 9.64 Å². The van der Waals surface area contributed by atoms with Crippen molar-refractivity contribution in [2.75, 3.05) is 19.7 Å². The van der Waals surface area contributed by atoms with E-state index in [0.717, 1.165) is 38.3 Å². The van der Waals surface area contributed by atoms with Crippen molar-refractivity contribution in [2.45, 2.75) is 26.7 Å². The summed E-state index contributed by atoms with van der Waals surface area (Å²) in [7, 11) is 0. The van der Waals surface area contributed by atoms with Crippen molar-refractivity contribution in [3.63, 3.8) is 0 Å². The number of para-hydroxylation sites is 1. The molecule has 0 aliphatic carbocycles. The van der Waals surface area contributed by atoms with E-state index in [-0.39, 0.29) is 5.91 Å². The molecular weight excluding hydrogens is 226 g/mol. The SMILES string of the molecule is CC(=O)N1CCC(COc2ccccc2C)CC1. The van der Waals surface area contributed by atoms with Crippen LogP contribution in [0, 0.1) is 12.8 Å². The summed E-state index contributed by atoms with van der Waals surface area (Å²) in [5, 5.41) is 0. The number of nitrogens with zero attached hydrogens (tertiary/aromatic N) is 1. The first-order chi connectivity index (χ1) is 8.66. The lowest BCUT2D eigenvalue weighted by Gasteiger charge is -2.31. The number of carbonyl (C=O) groups is 1. The number of ether oxygens (including phenoxy) is 1. The van der Waals surface area contributed by atoms with Crippen LogP contribution in [0.5, 0.6) is 5.75 Å². The normalized spacial score (nSPS) is 16.7. The molecule has 18 heavy (non-hydrogen) atoms. The van der Waals surface area contributed by atoms with Crippen molar-refractivity contribution in [1.29, 1.82) is 0 Å². The second-order valence-electron chi connectivity index (χ2n) is 5.03. The molecule has 1 amide bonds. The molecule has 0 spiro atoms. The average molecular weight is 247 g/mol. The molecule has 1 aromatic carbocycles. The second-order valence-corrected chi connectivity index (χ2v) is 5.03. The minimum Gasteiger partial charge on any atom is -0.493 e. The highest BCUT2D eigenvalue weighted by molar-refractivity contribution is 5.73. The Morgan fingerprint density at radius 1 is 1.33 bits per heavy atom. The largest absolute Gasteiger partial charge is 0.493 e. The minimum absolute atomic E-state index is 0.188. The fourth-order valence-corrected chi connectivity index (χ4v) is 2.34. The van der Waals surface area contributed by atoms with E-state index in [4.69, 9.17) is 4.74 Å². The van der Waals surface area contributed by atoms with E-state index in [1.54, 1.807) is 6.92 Å². The summed E-state index contributed by atoms with van der Waals surface area (Å²) >= 11 is 0. The summed E-state index contributed by atoms with van der Waals surface area (Å²) in [6.45, 7) is 6.21. The predicted octanol–water partition coefficient (Wildman–Crippen LogP) is 2.63. The molecule has 0 bridgehead atoms. The van der Waals surface area contributed by atoms with Gasteiger partial charge in [0.25, 0.3) is 0 Å². The lowest BCUT2D eigenvalue weighted by Crippen LogP contribution is -2.38. The highest BCUT2D eigenvalue weighted by Crippen LogP contribution is 2.21. The number of amides is 1. The van der Waals surface area contributed by atoms with Crippen LogP contribution in [0.2, 0.25) is 0 Å². The quantitative estimate of drug-likeness (QED) is 0.821. The van der Waals surface area contributed by atoms with Crippen molar-refractivity contribution in [3.05, 3.63) is 29.8 Å². The van der Waals surface area contributed by atoms with Crippen LogP contribution in [0.3, 0.4) is 0 Å². The Morgan fingerprint density at radius 2 is 2.00 bits per heavy atom. The monoisotopic (exact) mass is 247 g/mol. The van der Waals surface area contributed by atoms with Gasteiger partial charge in [-0.05, 0) is 37.3 Å². The Kier molecular flexibility index (Phi) is 4.24. The first kappa shape index (κ1) is 12.9. The topological polar surface area (TPSA) is 29.5 Å². The van der Waals surface area contributed by atoms with E-state index in [1.807, 2.05) is 23.1 Å². The highest BCUT2D eigenvalue weighted by atomic mass is 16.5. The van der Waals surface area contributed by atoms with Crippen molar-refractivity contribution in [2.24, 2.45) is 5.92 Å². The number of likely N-dealkylation sites (tertiary alicyclic amines) is 1. The van der Waals surface area contributed by atoms with Crippen LogP contribution in [0.4, 0.5) is 0 Å². The van der Waals surface area contributed by atoms with Crippen LogP contribution in [0.25, 0.3) is 0 Å². The Morgan fingerprint density at radius 3 is 2.61 bits per heavy atom. The van der Waals surface area contributed by atoms with Crippen LogP contribution in [0.15, 0.2) is 24.3 Å². The molecule has 1 aliphatic rings. The van der Waals surface area contributed by atoms with Gasteiger partial charge in [-0.2, -0.15) is 0 Å². The summed E-state index contributed by atoms with van der Waals surface area (Å²) in [5.74, 6) is 1.74. The maximum Gasteiger partial charge on any atom is 0.219 e. The first-order valence-electron chi connectivity index (χ1n) is 6.61. The van der Waals surface area contributed by atoms with Gasteiger partial charge in [-0.25, -0.2) is 0 Å². The molecule has 1 saturated heterocycles. The van der Waals surface area contributed by atoms with Gasteiger partial charge in [-0.3, -0.25) is 4.79 Å². The summed E-state index contributed by atoms with van der Waals surface area (Å²) < 4.78 is 5.87. The van der Waals surface area contributed by atoms with Gasteiger partial charge in [0.15, 0.2) is 0 Å². The number of aryl methyl sites for hydroxylation is 1. The molecule has 1 fully saturated rings. The molecule has 1 heterocycles. The van der Waals surface area contributed by atoms with Gasteiger partial charge >= 0.3 is 0 Å². The van der Waals surface area contributed by atoms with Crippen LogP contribution in [-0.2, 0) is 4.79 Å². The molecule has 0 N–H and O–H groups in total.